The number of nitrogens with one attached hydrogen (secondary N) is 1. The van der Waals surface area contributed by atoms with E-state index in [1.165, 1.54) is 15.6 Å². The molecule has 0 unspecified atom stereocenters. The SMILES string of the molecule is CCc1nc(-c2cc(S(=O)(=O)N3CCC[C@@H](C(=O)Nc4ccccc4CC)C3)c(C)s2)no1. The molecule has 1 aromatic carbocycles. The van der Waals surface area contributed by atoms with E-state index in [4.69, 9.17) is 4.52 Å². The summed E-state index contributed by atoms with van der Waals surface area (Å²) >= 11 is 1.32. The standard InChI is InChI=1S/C23H28N4O4S2/c1-4-16-9-6-7-11-18(16)24-23(28)17-10-8-12-27(14-17)33(29,30)20-13-19(32-15(20)3)22-25-21(5-2)31-26-22/h6-7,9,11,13,17H,4-5,8,10,12,14H2,1-3H3,(H,24,28)/t17-/m1/s1. The maximum absolute atomic E-state index is 13.5. The number of thiophene rings is 1. The van der Waals surface area contributed by atoms with E-state index in [0.29, 0.717) is 47.3 Å². The minimum absolute atomic E-state index is 0.141. The van der Waals surface area contributed by atoms with Crippen molar-refractivity contribution in [2.24, 2.45) is 5.92 Å². The molecule has 176 valence electrons. The summed E-state index contributed by atoms with van der Waals surface area (Å²) in [4.78, 5) is 18.8. The molecule has 1 amide bonds. The number of anilines is 1. The van der Waals surface area contributed by atoms with Gasteiger partial charge in [-0.15, -0.1) is 11.3 Å². The lowest BCUT2D eigenvalue weighted by Crippen LogP contribution is -2.43. The van der Waals surface area contributed by atoms with Gasteiger partial charge in [-0.2, -0.15) is 9.29 Å². The average molecular weight is 489 g/mol. The highest BCUT2D eigenvalue weighted by Crippen LogP contribution is 2.35. The number of amides is 1. The Labute approximate surface area is 198 Å². The summed E-state index contributed by atoms with van der Waals surface area (Å²) in [6.07, 6.45) is 2.71. The van der Waals surface area contributed by atoms with Crippen molar-refractivity contribution in [2.75, 3.05) is 18.4 Å². The highest BCUT2D eigenvalue weighted by molar-refractivity contribution is 7.89. The molecule has 2 aromatic heterocycles. The number of aromatic nitrogens is 2. The van der Waals surface area contributed by atoms with Crippen LogP contribution in [0.2, 0.25) is 0 Å². The lowest BCUT2D eigenvalue weighted by atomic mass is 9.98. The summed E-state index contributed by atoms with van der Waals surface area (Å²) in [5.41, 5.74) is 1.84. The van der Waals surface area contributed by atoms with Crippen LogP contribution in [-0.4, -0.2) is 41.9 Å². The number of carbonyl (C=O) groups is 1. The monoisotopic (exact) mass is 488 g/mol. The molecular formula is C23H28N4O4S2. The van der Waals surface area contributed by atoms with Crippen molar-refractivity contribution in [3.63, 3.8) is 0 Å². The van der Waals surface area contributed by atoms with Crippen LogP contribution in [0.15, 0.2) is 39.8 Å². The van der Waals surface area contributed by atoms with Gasteiger partial charge in [0.15, 0.2) is 0 Å². The summed E-state index contributed by atoms with van der Waals surface area (Å²) in [6, 6.07) is 9.30. The van der Waals surface area contributed by atoms with Crippen LogP contribution >= 0.6 is 11.3 Å². The molecule has 0 bridgehead atoms. The van der Waals surface area contributed by atoms with Crippen LogP contribution < -0.4 is 5.32 Å². The summed E-state index contributed by atoms with van der Waals surface area (Å²) < 4.78 is 33.6. The van der Waals surface area contributed by atoms with Gasteiger partial charge in [0.1, 0.15) is 0 Å². The van der Waals surface area contributed by atoms with E-state index in [-0.39, 0.29) is 17.3 Å². The van der Waals surface area contributed by atoms with Gasteiger partial charge in [0.2, 0.25) is 27.6 Å². The Balaban J connectivity index is 1.52. The number of para-hydroxylation sites is 1. The molecule has 4 rings (SSSR count). The van der Waals surface area contributed by atoms with Crippen molar-refractivity contribution in [1.82, 2.24) is 14.4 Å². The smallest absolute Gasteiger partial charge is 0.244 e. The molecule has 33 heavy (non-hydrogen) atoms. The molecule has 10 heteroatoms. The lowest BCUT2D eigenvalue weighted by Gasteiger charge is -2.31. The Morgan fingerprint density at radius 1 is 1.27 bits per heavy atom. The van der Waals surface area contributed by atoms with Crippen LogP contribution in [-0.2, 0) is 27.7 Å². The summed E-state index contributed by atoms with van der Waals surface area (Å²) in [7, 11) is -3.75. The van der Waals surface area contributed by atoms with Gasteiger partial charge in [-0.3, -0.25) is 4.79 Å². The third-order valence-electron chi connectivity index (χ3n) is 5.89. The van der Waals surface area contributed by atoms with E-state index in [2.05, 4.69) is 15.5 Å². The second kappa shape index (κ2) is 9.74. The Morgan fingerprint density at radius 3 is 2.79 bits per heavy atom. The number of sulfonamides is 1. The number of aryl methyl sites for hydroxylation is 3. The van der Waals surface area contributed by atoms with E-state index >= 15 is 0 Å². The molecule has 0 spiro atoms. The van der Waals surface area contributed by atoms with Gasteiger partial charge in [0, 0.05) is 30.1 Å². The average Bonchev–Trinajstić information content (AvgIpc) is 3.46. The summed E-state index contributed by atoms with van der Waals surface area (Å²) in [5, 5.41) is 6.96. The van der Waals surface area contributed by atoms with Crippen molar-refractivity contribution in [1.29, 1.82) is 0 Å². The third-order valence-corrected chi connectivity index (χ3v) is 9.06. The van der Waals surface area contributed by atoms with E-state index in [0.717, 1.165) is 17.7 Å². The first kappa shape index (κ1) is 23.6. The number of rotatable bonds is 7. The summed E-state index contributed by atoms with van der Waals surface area (Å²) in [6.45, 7) is 6.28. The molecule has 1 atom stereocenters. The molecule has 3 heterocycles. The van der Waals surface area contributed by atoms with Crippen molar-refractivity contribution in [3.05, 3.63) is 46.7 Å². The van der Waals surface area contributed by atoms with Crippen LogP contribution in [0.5, 0.6) is 0 Å². The largest absolute Gasteiger partial charge is 0.339 e. The molecule has 1 N–H and O–H groups in total. The normalized spacial score (nSPS) is 17.2. The van der Waals surface area contributed by atoms with Crippen molar-refractivity contribution >= 4 is 33.0 Å². The molecule has 1 saturated heterocycles. The van der Waals surface area contributed by atoms with Crippen LogP contribution in [0.3, 0.4) is 0 Å². The Morgan fingerprint density at radius 2 is 2.06 bits per heavy atom. The van der Waals surface area contributed by atoms with Gasteiger partial charge < -0.3 is 9.84 Å². The van der Waals surface area contributed by atoms with Gasteiger partial charge in [-0.25, -0.2) is 8.42 Å². The molecule has 0 aliphatic carbocycles. The quantitative estimate of drug-likeness (QED) is 0.532. The highest BCUT2D eigenvalue weighted by Gasteiger charge is 2.35. The minimum atomic E-state index is -3.75. The number of piperidine rings is 1. The first-order chi connectivity index (χ1) is 15.8. The zero-order chi connectivity index (χ0) is 23.6. The van der Waals surface area contributed by atoms with Gasteiger partial charge in [0.25, 0.3) is 0 Å². The van der Waals surface area contributed by atoms with Crippen molar-refractivity contribution in [3.8, 4) is 10.7 Å². The van der Waals surface area contributed by atoms with Gasteiger partial charge in [-0.1, -0.05) is 37.2 Å². The van der Waals surface area contributed by atoms with Crippen LogP contribution in [0.25, 0.3) is 10.7 Å². The van der Waals surface area contributed by atoms with Crippen LogP contribution in [0.4, 0.5) is 5.69 Å². The van der Waals surface area contributed by atoms with E-state index in [1.54, 1.807) is 13.0 Å². The lowest BCUT2D eigenvalue weighted by molar-refractivity contribution is -0.120. The van der Waals surface area contributed by atoms with Crippen molar-refractivity contribution < 1.29 is 17.7 Å². The predicted octanol–water partition coefficient (Wildman–Crippen LogP) is 4.27. The topological polar surface area (TPSA) is 105 Å². The van der Waals surface area contributed by atoms with Crippen LogP contribution in [0, 0.1) is 12.8 Å². The van der Waals surface area contributed by atoms with Crippen LogP contribution in [0.1, 0.15) is 43.0 Å². The van der Waals surface area contributed by atoms with E-state index in [9.17, 15) is 13.2 Å². The molecule has 1 aliphatic rings. The fraction of sp³-hybridized carbons (Fsp3) is 0.435. The number of benzene rings is 1. The number of nitrogens with zero attached hydrogens (tertiary/aromatic N) is 3. The fourth-order valence-corrected chi connectivity index (χ4v) is 7.04. The first-order valence-electron chi connectivity index (χ1n) is 11.2. The van der Waals surface area contributed by atoms with E-state index in [1.807, 2.05) is 38.1 Å². The second-order valence-electron chi connectivity index (χ2n) is 8.10. The Hall–Kier alpha value is -2.56. The predicted molar refractivity (Wildman–Crippen MR) is 128 cm³/mol. The Bertz CT molecular complexity index is 1250. The number of hydrogen-bond donors (Lipinski definition) is 1. The highest BCUT2D eigenvalue weighted by atomic mass is 32.2. The Kier molecular flexibility index (Phi) is 6.96. The molecule has 0 radical (unpaired) electrons. The fourth-order valence-electron chi connectivity index (χ4n) is 4.03. The zero-order valence-corrected chi connectivity index (χ0v) is 20.6. The zero-order valence-electron chi connectivity index (χ0n) is 19.0. The molecule has 3 aromatic rings. The third kappa shape index (κ3) is 4.87. The maximum atomic E-state index is 13.5. The molecule has 1 aliphatic heterocycles. The van der Waals surface area contributed by atoms with Gasteiger partial charge >= 0.3 is 0 Å². The van der Waals surface area contributed by atoms with Gasteiger partial charge in [-0.05, 0) is 43.9 Å². The van der Waals surface area contributed by atoms with E-state index < -0.39 is 15.9 Å². The second-order valence-corrected chi connectivity index (χ2v) is 11.3. The van der Waals surface area contributed by atoms with Gasteiger partial charge in [0.05, 0.1) is 15.7 Å². The molecule has 1 fully saturated rings. The first-order valence-corrected chi connectivity index (χ1v) is 13.4. The summed E-state index contributed by atoms with van der Waals surface area (Å²) in [5.74, 6) is 0.362. The molecular weight excluding hydrogens is 460 g/mol. The molecule has 8 nitrogen and oxygen atoms in total. The maximum Gasteiger partial charge on any atom is 0.244 e. The minimum Gasteiger partial charge on any atom is -0.339 e. The molecule has 0 saturated carbocycles. The van der Waals surface area contributed by atoms with Crippen molar-refractivity contribution in [2.45, 2.75) is 51.3 Å². The number of carbonyl (C=O) groups excluding carboxylic acids is 1. The number of hydrogen-bond acceptors (Lipinski definition) is 7.